The highest BCUT2D eigenvalue weighted by molar-refractivity contribution is 7.15. The van der Waals surface area contributed by atoms with E-state index >= 15 is 0 Å². The Morgan fingerprint density at radius 1 is 1.33 bits per heavy atom. The quantitative estimate of drug-likeness (QED) is 0.892. The molecule has 2 aromatic rings. The number of pyridine rings is 1. The second kappa shape index (κ2) is 5.59. The average Bonchev–Trinajstić information content (AvgIpc) is 3.21. The zero-order chi connectivity index (χ0) is 16.8. The van der Waals surface area contributed by atoms with Gasteiger partial charge in [0, 0.05) is 30.3 Å². The second-order valence-corrected chi connectivity index (χ2v) is 7.61. The van der Waals surface area contributed by atoms with Crippen molar-refractivity contribution < 1.29 is 14.7 Å². The molecular weight excluding hydrogens is 326 g/mol. The SMILES string of the molecule is Cc1ccc(-c2ccc(C(=O)O)c(N3C[C@@H]4CC(=O)N[C@@H]4C3)n2)s1. The molecule has 2 aromatic heterocycles. The molecule has 4 heterocycles. The van der Waals surface area contributed by atoms with Crippen LogP contribution in [-0.2, 0) is 4.79 Å². The molecule has 6 nitrogen and oxygen atoms in total. The zero-order valence-electron chi connectivity index (χ0n) is 13.2. The summed E-state index contributed by atoms with van der Waals surface area (Å²) in [6, 6.07) is 7.51. The van der Waals surface area contributed by atoms with Gasteiger partial charge in [-0.25, -0.2) is 9.78 Å². The molecule has 0 aromatic carbocycles. The molecule has 7 heteroatoms. The van der Waals surface area contributed by atoms with Gasteiger partial charge in [-0.05, 0) is 31.2 Å². The number of carboxylic acid groups (broad SMARTS) is 1. The minimum absolute atomic E-state index is 0.0823. The van der Waals surface area contributed by atoms with Gasteiger partial charge >= 0.3 is 5.97 Å². The Balaban J connectivity index is 1.70. The molecule has 0 bridgehead atoms. The number of thiophene rings is 1. The van der Waals surface area contributed by atoms with Crippen LogP contribution in [0.5, 0.6) is 0 Å². The van der Waals surface area contributed by atoms with E-state index in [4.69, 9.17) is 0 Å². The molecule has 0 saturated carbocycles. The Morgan fingerprint density at radius 3 is 2.83 bits per heavy atom. The van der Waals surface area contributed by atoms with E-state index in [9.17, 15) is 14.7 Å². The third kappa shape index (κ3) is 2.54. The predicted octanol–water partition coefficient (Wildman–Crippen LogP) is 2.14. The first-order valence-corrected chi connectivity index (χ1v) is 8.68. The second-order valence-electron chi connectivity index (χ2n) is 6.33. The summed E-state index contributed by atoms with van der Waals surface area (Å²) in [4.78, 5) is 31.9. The fourth-order valence-electron chi connectivity index (χ4n) is 3.48. The molecule has 2 fully saturated rings. The largest absolute Gasteiger partial charge is 0.478 e. The Morgan fingerprint density at radius 2 is 2.17 bits per heavy atom. The van der Waals surface area contributed by atoms with Gasteiger partial charge in [-0.2, -0.15) is 0 Å². The van der Waals surface area contributed by atoms with E-state index in [-0.39, 0.29) is 23.4 Å². The number of carbonyl (C=O) groups is 2. The van der Waals surface area contributed by atoms with E-state index in [1.54, 1.807) is 23.5 Å². The molecule has 2 N–H and O–H groups in total. The monoisotopic (exact) mass is 343 g/mol. The minimum atomic E-state index is -0.979. The van der Waals surface area contributed by atoms with Crippen molar-refractivity contribution in [2.24, 2.45) is 5.92 Å². The smallest absolute Gasteiger partial charge is 0.339 e. The summed E-state index contributed by atoms with van der Waals surface area (Å²) >= 11 is 1.64. The Kier molecular flexibility index (Phi) is 3.53. The van der Waals surface area contributed by atoms with Gasteiger partial charge in [-0.3, -0.25) is 4.79 Å². The molecular formula is C17H17N3O3S. The van der Waals surface area contributed by atoms with Gasteiger partial charge in [0.15, 0.2) is 0 Å². The maximum absolute atomic E-state index is 11.6. The van der Waals surface area contributed by atoms with Crippen LogP contribution in [0.1, 0.15) is 21.7 Å². The first-order valence-electron chi connectivity index (χ1n) is 7.87. The predicted molar refractivity (Wildman–Crippen MR) is 91.5 cm³/mol. The molecule has 0 unspecified atom stereocenters. The summed E-state index contributed by atoms with van der Waals surface area (Å²) in [5.74, 6) is -0.172. The Hall–Kier alpha value is -2.41. The van der Waals surface area contributed by atoms with Crippen LogP contribution in [0.3, 0.4) is 0 Å². The number of aryl methyl sites for hydroxylation is 1. The number of amides is 1. The number of carbonyl (C=O) groups excluding carboxylic acids is 1. The fraction of sp³-hybridized carbons (Fsp3) is 0.353. The van der Waals surface area contributed by atoms with Crippen LogP contribution in [0.25, 0.3) is 10.6 Å². The highest BCUT2D eigenvalue weighted by Crippen LogP contribution is 2.33. The summed E-state index contributed by atoms with van der Waals surface area (Å²) in [5.41, 5.74) is 0.993. The summed E-state index contributed by atoms with van der Waals surface area (Å²) < 4.78 is 0. The van der Waals surface area contributed by atoms with E-state index in [1.807, 2.05) is 24.0 Å². The molecule has 2 aliphatic rings. The summed E-state index contributed by atoms with van der Waals surface area (Å²) in [5, 5.41) is 12.5. The van der Waals surface area contributed by atoms with Crippen molar-refractivity contribution in [2.75, 3.05) is 18.0 Å². The van der Waals surface area contributed by atoms with Gasteiger partial charge in [-0.1, -0.05) is 0 Å². The van der Waals surface area contributed by atoms with Crippen LogP contribution in [0.2, 0.25) is 0 Å². The van der Waals surface area contributed by atoms with Crippen LogP contribution < -0.4 is 10.2 Å². The molecule has 24 heavy (non-hydrogen) atoms. The Bertz CT molecular complexity index is 816. The van der Waals surface area contributed by atoms with Gasteiger partial charge in [0.25, 0.3) is 0 Å². The minimum Gasteiger partial charge on any atom is -0.478 e. The third-order valence-corrected chi connectivity index (χ3v) is 5.66. The number of anilines is 1. The van der Waals surface area contributed by atoms with Crippen LogP contribution >= 0.6 is 11.3 Å². The van der Waals surface area contributed by atoms with Crippen molar-refractivity contribution in [3.8, 4) is 10.6 Å². The van der Waals surface area contributed by atoms with Crippen LogP contribution in [0, 0.1) is 12.8 Å². The number of nitrogens with one attached hydrogen (secondary N) is 1. The molecule has 0 aliphatic carbocycles. The number of hydrogen-bond donors (Lipinski definition) is 2. The highest BCUT2D eigenvalue weighted by Gasteiger charge is 2.41. The van der Waals surface area contributed by atoms with Crippen molar-refractivity contribution in [1.29, 1.82) is 0 Å². The van der Waals surface area contributed by atoms with Crippen molar-refractivity contribution in [1.82, 2.24) is 10.3 Å². The lowest BCUT2D eigenvalue weighted by molar-refractivity contribution is -0.119. The molecule has 0 spiro atoms. The number of rotatable bonds is 3. The van der Waals surface area contributed by atoms with E-state index in [1.165, 1.54) is 4.88 Å². The number of aromatic carboxylic acids is 1. The van der Waals surface area contributed by atoms with Gasteiger partial charge in [0.05, 0.1) is 16.6 Å². The summed E-state index contributed by atoms with van der Waals surface area (Å²) in [6.45, 7) is 3.30. The lowest BCUT2D eigenvalue weighted by atomic mass is 10.1. The first kappa shape index (κ1) is 15.1. The van der Waals surface area contributed by atoms with Gasteiger partial charge in [-0.15, -0.1) is 11.3 Å². The molecule has 4 rings (SSSR count). The summed E-state index contributed by atoms with van der Waals surface area (Å²) in [7, 11) is 0. The topological polar surface area (TPSA) is 82.5 Å². The van der Waals surface area contributed by atoms with E-state index < -0.39 is 5.97 Å². The number of fused-ring (bicyclic) bond motifs is 1. The summed E-state index contributed by atoms with van der Waals surface area (Å²) in [6.07, 6.45) is 0.507. The molecule has 2 atom stereocenters. The molecule has 0 radical (unpaired) electrons. The van der Waals surface area contributed by atoms with Crippen molar-refractivity contribution in [3.63, 3.8) is 0 Å². The van der Waals surface area contributed by atoms with E-state index in [2.05, 4.69) is 10.3 Å². The van der Waals surface area contributed by atoms with E-state index in [0.717, 1.165) is 10.6 Å². The number of aromatic nitrogens is 1. The van der Waals surface area contributed by atoms with Crippen LogP contribution in [-0.4, -0.2) is 41.1 Å². The van der Waals surface area contributed by atoms with Gasteiger partial charge in [0.1, 0.15) is 11.4 Å². The van der Waals surface area contributed by atoms with E-state index in [0.29, 0.717) is 25.3 Å². The Labute approximate surface area is 143 Å². The van der Waals surface area contributed by atoms with Crippen LogP contribution in [0.4, 0.5) is 5.82 Å². The number of hydrogen-bond acceptors (Lipinski definition) is 5. The first-order chi connectivity index (χ1) is 11.5. The van der Waals surface area contributed by atoms with Gasteiger partial charge in [0.2, 0.25) is 5.91 Å². The van der Waals surface area contributed by atoms with Crippen LogP contribution in [0.15, 0.2) is 24.3 Å². The number of carboxylic acids is 1. The standard InChI is InChI=1S/C17H17N3O3S/c1-9-2-5-14(24-9)12-4-3-11(17(22)23)16(19-12)20-7-10-6-15(21)18-13(10)8-20/h2-5,10,13H,6-8H2,1H3,(H,18,21)(H,22,23)/t10-,13+/m0/s1. The fourth-order valence-corrected chi connectivity index (χ4v) is 4.32. The number of nitrogens with zero attached hydrogens (tertiary/aromatic N) is 2. The maximum Gasteiger partial charge on any atom is 0.339 e. The molecule has 124 valence electrons. The van der Waals surface area contributed by atoms with Crippen molar-refractivity contribution >= 4 is 29.0 Å². The lowest BCUT2D eigenvalue weighted by Crippen LogP contribution is -2.33. The maximum atomic E-state index is 11.6. The average molecular weight is 343 g/mol. The molecule has 1 amide bonds. The molecule has 2 aliphatic heterocycles. The van der Waals surface area contributed by atoms with Crippen molar-refractivity contribution in [3.05, 3.63) is 34.7 Å². The van der Waals surface area contributed by atoms with Gasteiger partial charge < -0.3 is 15.3 Å². The lowest BCUT2D eigenvalue weighted by Gasteiger charge is -2.21. The third-order valence-electron chi connectivity index (χ3n) is 4.63. The highest BCUT2D eigenvalue weighted by atomic mass is 32.1. The zero-order valence-corrected chi connectivity index (χ0v) is 14.0. The van der Waals surface area contributed by atoms with Crippen molar-refractivity contribution in [2.45, 2.75) is 19.4 Å². The normalized spacial score (nSPS) is 22.5. The molecule has 2 saturated heterocycles.